The molecule has 14 heavy (non-hydrogen) atoms. The van der Waals surface area contributed by atoms with Gasteiger partial charge in [0, 0.05) is 5.57 Å². The van der Waals surface area contributed by atoms with Crippen LogP contribution in [-0.4, -0.2) is 33.4 Å². The number of hydrogen-bond donors (Lipinski definition) is 3. The van der Waals surface area contributed by atoms with Gasteiger partial charge >= 0.3 is 11.9 Å². The van der Waals surface area contributed by atoms with Crippen molar-refractivity contribution in [2.75, 3.05) is 0 Å². The van der Waals surface area contributed by atoms with Gasteiger partial charge in [0.15, 0.2) is 0 Å². The highest BCUT2D eigenvalue weighted by Gasteiger charge is 2.31. The topological polar surface area (TPSA) is 94.8 Å². The summed E-state index contributed by atoms with van der Waals surface area (Å²) in [6, 6.07) is 0. The van der Waals surface area contributed by atoms with Crippen LogP contribution in [0.25, 0.3) is 0 Å². The third-order valence-electron chi connectivity index (χ3n) is 1.65. The van der Waals surface area contributed by atoms with Crippen molar-refractivity contribution in [1.82, 2.24) is 0 Å². The van der Waals surface area contributed by atoms with E-state index in [0.717, 1.165) is 0 Å². The van der Waals surface area contributed by atoms with Crippen molar-refractivity contribution in [3.05, 3.63) is 24.3 Å². The molecule has 0 aliphatic carbocycles. The molecule has 0 aromatic rings. The lowest BCUT2D eigenvalue weighted by Crippen LogP contribution is -2.31. The average molecular weight is 200 g/mol. The summed E-state index contributed by atoms with van der Waals surface area (Å²) in [6.45, 7) is 4.69. The van der Waals surface area contributed by atoms with Crippen molar-refractivity contribution in [2.45, 2.75) is 13.0 Å². The van der Waals surface area contributed by atoms with Crippen molar-refractivity contribution >= 4 is 11.9 Å². The summed E-state index contributed by atoms with van der Waals surface area (Å²) in [5.74, 6) is -4.35. The molecule has 0 bridgehead atoms. The SMILES string of the molecule is C=C(C(=O)O)C(C(=O)O)C(O)C=CC. The second-order valence-electron chi connectivity index (χ2n) is 2.66. The van der Waals surface area contributed by atoms with Crippen LogP contribution in [0.2, 0.25) is 0 Å². The molecule has 0 aromatic carbocycles. The molecule has 3 N–H and O–H groups in total. The van der Waals surface area contributed by atoms with Crippen LogP contribution >= 0.6 is 0 Å². The van der Waals surface area contributed by atoms with Gasteiger partial charge in [-0.1, -0.05) is 18.7 Å². The summed E-state index contributed by atoms with van der Waals surface area (Å²) < 4.78 is 0. The maximum absolute atomic E-state index is 10.6. The van der Waals surface area contributed by atoms with Crippen LogP contribution in [-0.2, 0) is 9.59 Å². The zero-order chi connectivity index (χ0) is 11.3. The third kappa shape index (κ3) is 3.02. The first-order valence-electron chi connectivity index (χ1n) is 3.87. The predicted molar refractivity (Wildman–Crippen MR) is 48.7 cm³/mol. The van der Waals surface area contributed by atoms with Crippen LogP contribution in [0.15, 0.2) is 24.3 Å². The molecule has 0 aromatic heterocycles. The Morgan fingerprint density at radius 3 is 2.14 bits per heavy atom. The van der Waals surface area contributed by atoms with Crippen molar-refractivity contribution < 1.29 is 24.9 Å². The fourth-order valence-corrected chi connectivity index (χ4v) is 0.943. The monoisotopic (exact) mass is 200 g/mol. The quantitative estimate of drug-likeness (QED) is 0.437. The maximum atomic E-state index is 10.6. The first kappa shape index (κ1) is 12.4. The minimum atomic E-state index is -1.51. The van der Waals surface area contributed by atoms with Gasteiger partial charge in [0.05, 0.1) is 6.10 Å². The largest absolute Gasteiger partial charge is 0.481 e. The minimum Gasteiger partial charge on any atom is -0.481 e. The molecule has 0 aliphatic heterocycles. The number of aliphatic hydroxyl groups is 1. The molecule has 0 fully saturated rings. The average Bonchev–Trinajstić information content (AvgIpc) is 2.03. The zero-order valence-electron chi connectivity index (χ0n) is 7.67. The molecule has 78 valence electrons. The Balaban J connectivity index is 4.86. The summed E-state index contributed by atoms with van der Waals surface area (Å²) in [7, 11) is 0. The van der Waals surface area contributed by atoms with Crippen LogP contribution in [0.5, 0.6) is 0 Å². The molecule has 0 saturated carbocycles. The summed E-state index contributed by atoms with van der Waals surface area (Å²) in [5, 5.41) is 26.5. The number of carboxylic acid groups (broad SMARTS) is 2. The summed E-state index contributed by atoms with van der Waals surface area (Å²) in [6.07, 6.45) is 1.27. The van der Waals surface area contributed by atoms with Gasteiger partial charge in [-0.25, -0.2) is 4.79 Å². The van der Waals surface area contributed by atoms with Gasteiger partial charge in [0.2, 0.25) is 0 Å². The first-order valence-corrected chi connectivity index (χ1v) is 3.87. The van der Waals surface area contributed by atoms with E-state index in [4.69, 9.17) is 10.2 Å². The van der Waals surface area contributed by atoms with E-state index in [1.807, 2.05) is 0 Å². The highest BCUT2D eigenvalue weighted by molar-refractivity contribution is 5.93. The summed E-state index contributed by atoms with van der Waals surface area (Å²) >= 11 is 0. The van der Waals surface area contributed by atoms with Crippen molar-refractivity contribution in [2.24, 2.45) is 5.92 Å². The molecule has 5 nitrogen and oxygen atoms in total. The molecule has 2 atom stereocenters. The number of allylic oxidation sites excluding steroid dienone is 1. The summed E-state index contributed by atoms with van der Waals surface area (Å²) in [5.41, 5.74) is -0.539. The zero-order valence-corrected chi connectivity index (χ0v) is 7.67. The maximum Gasteiger partial charge on any atom is 0.331 e. The van der Waals surface area contributed by atoms with E-state index in [9.17, 15) is 14.7 Å². The van der Waals surface area contributed by atoms with E-state index in [0.29, 0.717) is 0 Å². The second-order valence-corrected chi connectivity index (χ2v) is 2.66. The van der Waals surface area contributed by atoms with E-state index in [1.54, 1.807) is 6.92 Å². The van der Waals surface area contributed by atoms with E-state index < -0.39 is 29.5 Å². The highest BCUT2D eigenvalue weighted by atomic mass is 16.4. The molecule has 5 heteroatoms. The predicted octanol–water partition coefficient (Wildman–Crippen LogP) is 0.265. The second kappa shape index (κ2) is 5.18. The van der Waals surface area contributed by atoms with Crippen molar-refractivity contribution in [1.29, 1.82) is 0 Å². The Hall–Kier alpha value is -1.62. The van der Waals surface area contributed by atoms with Crippen LogP contribution in [0, 0.1) is 5.92 Å². The first-order chi connectivity index (χ1) is 6.41. The van der Waals surface area contributed by atoms with E-state index >= 15 is 0 Å². The Labute approximate surface area is 81.0 Å². The molecule has 2 unspecified atom stereocenters. The molecule has 0 heterocycles. The van der Waals surface area contributed by atoms with Crippen LogP contribution in [0.3, 0.4) is 0 Å². The van der Waals surface area contributed by atoms with E-state index in [1.165, 1.54) is 12.2 Å². The van der Waals surface area contributed by atoms with E-state index in [2.05, 4.69) is 6.58 Å². The van der Waals surface area contributed by atoms with Crippen molar-refractivity contribution in [3.63, 3.8) is 0 Å². The molecule has 0 amide bonds. The van der Waals surface area contributed by atoms with Gasteiger partial charge in [0.1, 0.15) is 5.92 Å². The normalized spacial score (nSPS) is 15.0. The van der Waals surface area contributed by atoms with Gasteiger partial charge in [-0.3, -0.25) is 4.79 Å². The minimum absolute atomic E-state index is 0.539. The lowest BCUT2D eigenvalue weighted by molar-refractivity contribution is -0.146. The fourth-order valence-electron chi connectivity index (χ4n) is 0.943. The third-order valence-corrected chi connectivity index (χ3v) is 1.65. The lowest BCUT2D eigenvalue weighted by atomic mass is 9.94. The van der Waals surface area contributed by atoms with Crippen LogP contribution < -0.4 is 0 Å². The number of carbonyl (C=O) groups is 2. The Morgan fingerprint density at radius 2 is 1.86 bits per heavy atom. The van der Waals surface area contributed by atoms with Crippen LogP contribution in [0.1, 0.15) is 6.92 Å². The van der Waals surface area contributed by atoms with Gasteiger partial charge in [-0.2, -0.15) is 0 Å². The standard InChI is InChI=1S/C9H12O5/c1-3-4-6(10)7(9(13)14)5(2)8(11)12/h3-4,6-7,10H,2H2,1H3,(H,11,12)(H,13,14). The number of aliphatic hydroxyl groups excluding tert-OH is 1. The van der Waals surface area contributed by atoms with Gasteiger partial charge in [0.25, 0.3) is 0 Å². The van der Waals surface area contributed by atoms with Gasteiger partial charge < -0.3 is 15.3 Å². The summed E-state index contributed by atoms with van der Waals surface area (Å²) in [4.78, 5) is 21.1. The molecular formula is C9H12O5. The number of hydrogen-bond acceptors (Lipinski definition) is 3. The number of rotatable bonds is 5. The Kier molecular flexibility index (Phi) is 4.58. The Morgan fingerprint density at radius 1 is 1.36 bits per heavy atom. The molecule has 0 aliphatic rings. The highest BCUT2D eigenvalue weighted by Crippen LogP contribution is 2.15. The molecule has 0 saturated heterocycles. The van der Waals surface area contributed by atoms with Gasteiger partial charge in [-0.05, 0) is 6.92 Å². The molecule has 0 radical (unpaired) electrons. The molecule has 0 spiro atoms. The Bertz CT molecular complexity index is 279. The fraction of sp³-hybridized carbons (Fsp3) is 0.333. The number of carboxylic acids is 2. The van der Waals surface area contributed by atoms with Crippen molar-refractivity contribution in [3.8, 4) is 0 Å². The smallest absolute Gasteiger partial charge is 0.331 e. The van der Waals surface area contributed by atoms with Crippen LogP contribution in [0.4, 0.5) is 0 Å². The lowest BCUT2D eigenvalue weighted by Gasteiger charge is -2.15. The molecule has 0 rings (SSSR count). The molecular weight excluding hydrogens is 188 g/mol. The van der Waals surface area contributed by atoms with E-state index in [-0.39, 0.29) is 0 Å². The number of aliphatic carboxylic acids is 2. The van der Waals surface area contributed by atoms with Gasteiger partial charge in [-0.15, -0.1) is 0 Å².